The quantitative estimate of drug-likeness (QED) is 0.0373. The minimum Gasteiger partial charge on any atom is -0.462 e. The van der Waals surface area contributed by atoms with Gasteiger partial charge in [0.15, 0.2) is 6.10 Å². The zero-order chi connectivity index (χ0) is 56.2. The van der Waals surface area contributed by atoms with E-state index in [1.165, 1.54) is 77.0 Å². The molecule has 1 N–H and O–H groups in total. The summed E-state index contributed by atoms with van der Waals surface area (Å²) in [6.45, 7) is 3.89. The smallest absolute Gasteiger partial charge is 0.306 e. The van der Waals surface area contributed by atoms with E-state index in [-0.39, 0.29) is 25.2 Å². The predicted molar refractivity (Wildman–Crippen MR) is 343 cm³/mol. The van der Waals surface area contributed by atoms with Crippen molar-refractivity contribution in [3.05, 3.63) is 182 Å². The van der Waals surface area contributed by atoms with Gasteiger partial charge >= 0.3 is 11.9 Å². The fraction of sp³-hybridized carbons (Fsp3) is 0.562. The van der Waals surface area contributed by atoms with Crippen LogP contribution in [0.25, 0.3) is 0 Å². The molecule has 1 unspecified atom stereocenters. The van der Waals surface area contributed by atoms with E-state index in [1.807, 2.05) is 0 Å². The highest BCUT2D eigenvalue weighted by molar-refractivity contribution is 5.70. The maximum absolute atomic E-state index is 12.3. The maximum atomic E-state index is 12.3. The Morgan fingerprint density at radius 1 is 0.295 bits per heavy atom. The molecule has 0 radical (unpaired) electrons. The SMILES string of the molecule is CC/C=C\C/C=C\C/C=C\C/C=C\C/C=C\C/C=C\C/C=C\C/C=C\C/C=C\C/C=C\CCCCCCCCCCC(=O)OC(CO)COC(=O)CCCCCCCCCCC/C=C\C/C=C\C/C=C\C/C=C\C/C=C\CC. The van der Waals surface area contributed by atoms with Gasteiger partial charge in [-0.3, -0.25) is 9.59 Å². The molecular weight excluding hydrogens is 957 g/mol. The molecule has 0 aliphatic rings. The lowest BCUT2D eigenvalue weighted by Crippen LogP contribution is -2.28. The summed E-state index contributed by atoms with van der Waals surface area (Å²) in [7, 11) is 0. The minimum absolute atomic E-state index is 0.0837. The van der Waals surface area contributed by atoms with Crippen LogP contribution in [-0.2, 0) is 19.1 Å². The largest absolute Gasteiger partial charge is 0.462 e. The molecule has 1 atom stereocenters. The van der Waals surface area contributed by atoms with Crippen molar-refractivity contribution in [1.82, 2.24) is 0 Å². The van der Waals surface area contributed by atoms with E-state index in [9.17, 15) is 14.7 Å². The first-order valence-corrected chi connectivity index (χ1v) is 31.3. The molecule has 0 aromatic carbocycles. The fourth-order valence-corrected chi connectivity index (χ4v) is 8.08. The average Bonchev–Trinajstić information content (AvgIpc) is 3.44. The Kier molecular flexibility index (Phi) is 62.0. The number of esters is 2. The summed E-state index contributed by atoms with van der Waals surface area (Å²) in [5, 5.41) is 9.68. The molecule has 436 valence electrons. The lowest BCUT2D eigenvalue weighted by atomic mass is 10.1. The van der Waals surface area contributed by atoms with E-state index in [0.717, 1.165) is 141 Å². The molecule has 0 aromatic rings. The monoisotopic (exact) mass is 1070 g/mol. The van der Waals surface area contributed by atoms with Gasteiger partial charge in [-0.15, -0.1) is 0 Å². The summed E-state index contributed by atoms with van der Waals surface area (Å²) < 4.78 is 10.7. The molecule has 0 rings (SSSR count). The summed E-state index contributed by atoms with van der Waals surface area (Å²) in [4.78, 5) is 24.6. The predicted octanol–water partition coefficient (Wildman–Crippen LogP) is 21.9. The highest BCUT2D eigenvalue weighted by atomic mass is 16.6. The number of aliphatic hydroxyl groups excluding tert-OH is 1. The molecule has 0 fully saturated rings. The first-order valence-electron chi connectivity index (χ1n) is 31.3. The topological polar surface area (TPSA) is 72.8 Å². The van der Waals surface area contributed by atoms with Gasteiger partial charge in [0.25, 0.3) is 0 Å². The van der Waals surface area contributed by atoms with E-state index in [2.05, 4.69) is 196 Å². The second kappa shape index (κ2) is 66.3. The Labute approximate surface area is 480 Å². The van der Waals surface area contributed by atoms with Crippen LogP contribution in [-0.4, -0.2) is 36.4 Å². The van der Waals surface area contributed by atoms with Crippen LogP contribution >= 0.6 is 0 Å². The molecule has 0 bridgehead atoms. The van der Waals surface area contributed by atoms with Gasteiger partial charge < -0.3 is 14.6 Å². The van der Waals surface area contributed by atoms with Gasteiger partial charge in [0.1, 0.15) is 6.61 Å². The molecule has 0 aromatic heterocycles. The third-order valence-electron chi connectivity index (χ3n) is 12.7. The van der Waals surface area contributed by atoms with Crippen LogP contribution in [0, 0.1) is 0 Å². The van der Waals surface area contributed by atoms with Crippen molar-refractivity contribution in [1.29, 1.82) is 0 Å². The number of hydrogen-bond donors (Lipinski definition) is 1. The number of allylic oxidation sites excluding steroid dienone is 30. The van der Waals surface area contributed by atoms with Gasteiger partial charge in [0.05, 0.1) is 6.61 Å². The maximum Gasteiger partial charge on any atom is 0.306 e. The first kappa shape index (κ1) is 73.0. The van der Waals surface area contributed by atoms with Crippen LogP contribution in [0.15, 0.2) is 182 Å². The highest BCUT2D eigenvalue weighted by Gasteiger charge is 2.16. The van der Waals surface area contributed by atoms with E-state index >= 15 is 0 Å². The first-order chi connectivity index (χ1) is 38.6. The number of rotatable bonds is 55. The van der Waals surface area contributed by atoms with Crippen molar-refractivity contribution >= 4 is 11.9 Å². The standard InChI is InChI=1S/C73H114O5/c1-3-5-7-9-11-13-15-17-19-21-23-25-27-29-30-31-32-33-34-35-36-37-38-39-40-41-42-44-46-48-50-52-54-56-58-60-62-64-66-68-73(76)78-71(69-74)70-77-72(75)67-65-63-61-59-57-55-53-51-49-47-45-43-28-26-24-22-20-18-16-14-12-10-8-6-4-2/h5-8,11-14,17-20,23-26,29-30,32-33,35-36,38-39,41-43,45-46,48,71,74H,3-4,9-10,15-16,21-22,27-28,31,34,37,40,44,47,49-70H2,1-2H3/b7-5-,8-6-,13-11-,14-12-,19-17-,20-18-,25-23-,26-24-,30-29-,33-32-,36-35-,39-38-,42-41-,45-43-,48-46-. The molecule has 0 saturated carbocycles. The second-order valence-corrected chi connectivity index (χ2v) is 20.0. The lowest BCUT2D eigenvalue weighted by Gasteiger charge is -2.15. The zero-order valence-electron chi connectivity index (χ0n) is 49.8. The number of hydrogen-bond acceptors (Lipinski definition) is 5. The van der Waals surface area contributed by atoms with Gasteiger partial charge in [-0.05, 0) is 135 Å². The third kappa shape index (κ3) is 63.5. The molecule has 0 aliphatic carbocycles. The van der Waals surface area contributed by atoms with Crippen LogP contribution in [0.2, 0.25) is 0 Å². The summed E-state index contributed by atoms with van der Waals surface area (Å²) >= 11 is 0. The number of ether oxygens (including phenoxy) is 2. The van der Waals surface area contributed by atoms with Crippen LogP contribution in [0.3, 0.4) is 0 Å². The van der Waals surface area contributed by atoms with Crippen LogP contribution < -0.4 is 0 Å². The zero-order valence-corrected chi connectivity index (χ0v) is 49.8. The minimum atomic E-state index is -0.794. The van der Waals surface area contributed by atoms with E-state index in [4.69, 9.17) is 9.47 Å². The Morgan fingerprint density at radius 3 is 0.769 bits per heavy atom. The van der Waals surface area contributed by atoms with Gasteiger partial charge in [-0.2, -0.15) is 0 Å². The van der Waals surface area contributed by atoms with Crippen molar-refractivity contribution in [2.75, 3.05) is 13.2 Å². The lowest BCUT2D eigenvalue weighted by molar-refractivity contribution is -0.161. The molecule has 0 aliphatic heterocycles. The number of carbonyl (C=O) groups excluding carboxylic acids is 2. The van der Waals surface area contributed by atoms with Gasteiger partial charge in [0.2, 0.25) is 0 Å². The van der Waals surface area contributed by atoms with Crippen LogP contribution in [0.1, 0.15) is 245 Å². The molecule has 0 saturated heterocycles. The average molecular weight is 1070 g/mol. The highest BCUT2D eigenvalue weighted by Crippen LogP contribution is 2.14. The summed E-state index contributed by atoms with van der Waals surface area (Å²) in [5.74, 6) is -0.618. The van der Waals surface area contributed by atoms with Gasteiger partial charge in [-0.1, -0.05) is 280 Å². The molecule has 5 heteroatoms. The Hall–Kier alpha value is -5.00. The second-order valence-electron chi connectivity index (χ2n) is 20.0. The summed E-state index contributed by atoms with van der Waals surface area (Å²) in [5.41, 5.74) is 0. The van der Waals surface area contributed by atoms with Crippen LogP contribution in [0.5, 0.6) is 0 Å². The fourth-order valence-electron chi connectivity index (χ4n) is 8.08. The molecule has 0 heterocycles. The Morgan fingerprint density at radius 2 is 0.513 bits per heavy atom. The summed E-state index contributed by atoms with van der Waals surface area (Å²) in [6, 6.07) is 0. The molecule has 78 heavy (non-hydrogen) atoms. The number of aliphatic hydroxyl groups is 1. The number of unbranched alkanes of at least 4 members (excludes halogenated alkanes) is 17. The normalized spacial score (nSPS) is 13.5. The molecule has 0 amide bonds. The number of carbonyl (C=O) groups is 2. The van der Waals surface area contributed by atoms with Crippen molar-refractivity contribution in [3.8, 4) is 0 Å². The van der Waals surface area contributed by atoms with Crippen molar-refractivity contribution < 1.29 is 24.2 Å². The van der Waals surface area contributed by atoms with E-state index in [1.54, 1.807) is 0 Å². The van der Waals surface area contributed by atoms with Crippen molar-refractivity contribution in [2.45, 2.75) is 251 Å². The Balaban J connectivity index is 3.62. The molecule has 0 spiro atoms. The molecular formula is C73H114O5. The summed E-state index contributed by atoms with van der Waals surface area (Å²) in [6.07, 6.45) is 104. The molecule has 5 nitrogen and oxygen atoms in total. The van der Waals surface area contributed by atoms with E-state index in [0.29, 0.717) is 12.8 Å². The van der Waals surface area contributed by atoms with E-state index < -0.39 is 6.10 Å². The van der Waals surface area contributed by atoms with Gasteiger partial charge in [0, 0.05) is 12.8 Å². The van der Waals surface area contributed by atoms with Gasteiger partial charge in [-0.25, -0.2) is 0 Å². The van der Waals surface area contributed by atoms with Crippen molar-refractivity contribution in [3.63, 3.8) is 0 Å². The van der Waals surface area contributed by atoms with Crippen LogP contribution in [0.4, 0.5) is 0 Å². The Bertz CT molecular complexity index is 1780. The van der Waals surface area contributed by atoms with Crippen molar-refractivity contribution in [2.24, 2.45) is 0 Å². The third-order valence-corrected chi connectivity index (χ3v) is 12.7.